The number of esters is 2. The van der Waals surface area contributed by atoms with Crippen LogP contribution in [0.25, 0.3) is 11.1 Å². The molecule has 0 spiro atoms. The Hall–Kier alpha value is -3.19. The van der Waals surface area contributed by atoms with Crippen molar-refractivity contribution in [2.45, 2.75) is 41.2 Å². The number of aryl methyl sites for hydroxylation is 3. The Labute approximate surface area is 208 Å². The first-order valence-electron chi connectivity index (χ1n) is 11.1. The van der Waals surface area contributed by atoms with Crippen molar-refractivity contribution in [2.75, 3.05) is 13.2 Å². The minimum atomic E-state index is -0.558. The van der Waals surface area contributed by atoms with Gasteiger partial charge in [0.15, 0.2) is 0 Å². The second kappa shape index (κ2) is 11.3. The molecule has 6 nitrogen and oxygen atoms in total. The normalized spacial score (nSPS) is 10.6. The summed E-state index contributed by atoms with van der Waals surface area (Å²) in [4.78, 5) is 30.6. The Morgan fingerprint density at radius 3 is 2.03 bits per heavy atom. The molecule has 0 unspecified atom stereocenters. The van der Waals surface area contributed by atoms with Crippen molar-refractivity contribution in [1.29, 1.82) is 0 Å². The topological polar surface area (TPSA) is 74.7 Å². The van der Waals surface area contributed by atoms with Crippen LogP contribution in [-0.2, 0) is 16.1 Å². The number of hydrogen-bond acceptors (Lipinski definition) is 6. The molecule has 1 aromatic heterocycles. The number of nitrogens with zero attached hydrogens (tertiary/aromatic N) is 1. The summed E-state index contributed by atoms with van der Waals surface area (Å²) in [5.74, 6) is -0.594. The average molecular weight is 526 g/mol. The third-order valence-electron chi connectivity index (χ3n) is 5.37. The fourth-order valence-electron chi connectivity index (χ4n) is 3.78. The number of carbonyl (C=O) groups is 2. The lowest BCUT2D eigenvalue weighted by atomic mass is 9.91. The zero-order valence-corrected chi connectivity index (χ0v) is 21.6. The highest BCUT2D eigenvalue weighted by Crippen LogP contribution is 2.40. The van der Waals surface area contributed by atoms with Crippen LogP contribution in [0.1, 0.15) is 57.1 Å². The first-order chi connectivity index (χ1) is 16.3. The minimum Gasteiger partial charge on any atom is -0.488 e. The van der Waals surface area contributed by atoms with Gasteiger partial charge in [0.2, 0.25) is 0 Å². The van der Waals surface area contributed by atoms with E-state index < -0.39 is 11.9 Å². The maximum atomic E-state index is 13.1. The molecule has 0 amide bonds. The molecule has 0 aliphatic rings. The van der Waals surface area contributed by atoms with Crippen molar-refractivity contribution < 1.29 is 23.8 Å². The number of ether oxygens (including phenoxy) is 3. The van der Waals surface area contributed by atoms with E-state index in [1.807, 2.05) is 49.4 Å². The molecule has 0 aliphatic carbocycles. The van der Waals surface area contributed by atoms with Crippen LogP contribution >= 0.6 is 15.9 Å². The van der Waals surface area contributed by atoms with Gasteiger partial charge in [-0.25, -0.2) is 9.59 Å². The Morgan fingerprint density at radius 2 is 1.47 bits per heavy atom. The van der Waals surface area contributed by atoms with E-state index in [0.717, 1.165) is 15.6 Å². The van der Waals surface area contributed by atoms with E-state index >= 15 is 0 Å². The highest BCUT2D eigenvalue weighted by atomic mass is 79.9. The number of pyridine rings is 1. The molecule has 0 aliphatic heterocycles. The maximum Gasteiger partial charge on any atom is 0.340 e. The SMILES string of the molecule is CCOC(=O)c1c(C)nc(C)c(C(=O)OCC)c1-c1cc(Br)ccc1OCc1ccccc1C. The van der Waals surface area contributed by atoms with Crippen molar-refractivity contribution in [3.05, 3.63) is 80.6 Å². The summed E-state index contributed by atoms with van der Waals surface area (Å²) in [6, 6.07) is 13.5. The molecule has 0 saturated heterocycles. The van der Waals surface area contributed by atoms with Crippen molar-refractivity contribution >= 4 is 27.9 Å². The van der Waals surface area contributed by atoms with Crippen LogP contribution in [0.3, 0.4) is 0 Å². The first-order valence-corrected chi connectivity index (χ1v) is 11.9. The molecular formula is C27H28BrNO5. The summed E-state index contributed by atoms with van der Waals surface area (Å²) < 4.78 is 17.7. The Kier molecular flexibility index (Phi) is 8.45. The number of benzene rings is 2. The lowest BCUT2D eigenvalue weighted by Gasteiger charge is -2.20. The highest BCUT2D eigenvalue weighted by molar-refractivity contribution is 9.10. The van der Waals surface area contributed by atoms with Crippen LogP contribution in [0, 0.1) is 20.8 Å². The lowest BCUT2D eigenvalue weighted by molar-refractivity contribution is 0.0525. The zero-order chi connectivity index (χ0) is 24.8. The molecule has 0 N–H and O–H groups in total. The molecule has 3 aromatic rings. The van der Waals surface area contributed by atoms with Crippen molar-refractivity contribution in [1.82, 2.24) is 4.98 Å². The molecule has 0 saturated carbocycles. The molecule has 2 aromatic carbocycles. The molecule has 0 bridgehead atoms. The van der Waals surface area contributed by atoms with Crippen molar-refractivity contribution in [3.63, 3.8) is 0 Å². The molecular weight excluding hydrogens is 498 g/mol. The van der Waals surface area contributed by atoms with Gasteiger partial charge in [0.1, 0.15) is 12.4 Å². The van der Waals surface area contributed by atoms with Gasteiger partial charge in [-0.3, -0.25) is 4.98 Å². The van der Waals surface area contributed by atoms with E-state index in [1.54, 1.807) is 27.7 Å². The second-order valence-corrected chi connectivity index (χ2v) is 8.62. The van der Waals surface area contributed by atoms with Crippen LogP contribution in [0.5, 0.6) is 5.75 Å². The van der Waals surface area contributed by atoms with Gasteiger partial charge in [-0.05, 0) is 63.9 Å². The van der Waals surface area contributed by atoms with Gasteiger partial charge in [0.05, 0.1) is 35.7 Å². The summed E-state index contributed by atoms with van der Waals surface area (Å²) in [5.41, 5.74) is 4.47. The number of rotatable bonds is 8. The molecule has 34 heavy (non-hydrogen) atoms. The summed E-state index contributed by atoms with van der Waals surface area (Å²) in [7, 11) is 0. The van der Waals surface area contributed by atoms with Gasteiger partial charge in [0.25, 0.3) is 0 Å². The molecule has 7 heteroatoms. The average Bonchev–Trinajstić information content (AvgIpc) is 2.78. The number of carbonyl (C=O) groups excluding carboxylic acids is 2. The predicted molar refractivity (Wildman–Crippen MR) is 134 cm³/mol. The van der Waals surface area contributed by atoms with Crippen molar-refractivity contribution in [2.24, 2.45) is 0 Å². The fraction of sp³-hybridized carbons (Fsp3) is 0.296. The Bertz CT molecular complexity index is 1180. The van der Waals surface area contributed by atoms with E-state index in [1.165, 1.54) is 0 Å². The number of aromatic nitrogens is 1. The van der Waals surface area contributed by atoms with E-state index in [4.69, 9.17) is 14.2 Å². The molecule has 0 atom stereocenters. The highest BCUT2D eigenvalue weighted by Gasteiger charge is 2.29. The van der Waals surface area contributed by atoms with Gasteiger partial charge in [0, 0.05) is 15.6 Å². The lowest BCUT2D eigenvalue weighted by Crippen LogP contribution is -2.18. The van der Waals surface area contributed by atoms with Gasteiger partial charge >= 0.3 is 11.9 Å². The quantitative estimate of drug-likeness (QED) is 0.318. The van der Waals surface area contributed by atoms with Crippen molar-refractivity contribution in [3.8, 4) is 16.9 Å². The smallest absolute Gasteiger partial charge is 0.340 e. The molecule has 178 valence electrons. The Morgan fingerprint density at radius 1 is 0.882 bits per heavy atom. The maximum absolute atomic E-state index is 13.1. The fourth-order valence-corrected chi connectivity index (χ4v) is 4.14. The van der Waals surface area contributed by atoms with Crippen LogP contribution < -0.4 is 4.74 Å². The van der Waals surface area contributed by atoms with Crippen LogP contribution in [0.2, 0.25) is 0 Å². The zero-order valence-electron chi connectivity index (χ0n) is 20.0. The standard InChI is InChI=1S/C27H28BrNO5/c1-6-32-26(30)23-17(4)29-18(5)24(27(31)33-7-2)25(23)21-14-20(28)12-13-22(21)34-15-19-11-9-8-10-16(19)3/h8-14H,6-7,15H2,1-5H3. The summed E-state index contributed by atoms with van der Waals surface area (Å²) >= 11 is 3.52. The van der Waals surface area contributed by atoms with E-state index in [2.05, 4.69) is 20.9 Å². The number of halogens is 1. The summed E-state index contributed by atoms with van der Waals surface area (Å²) in [6.45, 7) is 9.65. The van der Waals surface area contributed by atoms with Gasteiger partial charge in [-0.2, -0.15) is 0 Å². The van der Waals surface area contributed by atoms with E-state index in [9.17, 15) is 9.59 Å². The first kappa shape index (κ1) is 25.4. The van der Waals surface area contributed by atoms with E-state index in [-0.39, 0.29) is 24.3 Å². The third-order valence-corrected chi connectivity index (χ3v) is 5.87. The largest absolute Gasteiger partial charge is 0.488 e. The second-order valence-electron chi connectivity index (χ2n) is 7.70. The summed E-state index contributed by atoms with van der Waals surface area (Å²) in [6.07, 6.45) is 0. The van der Waals surface area contributed by atoms with Crippen LogP contribution in [0.4, 0.5) is 0 Å². The monoisotopic (exact) mass is 525 g/mol. The predicted octanol–water partition coefficient (Wildman–Crippen LogP) is 6.37. The molecule has 3 rings (SSSR count). The molecule has 1 heterocycles. The van der Waals surface area contributed by atoms with Gasteiger partial charge in [-0.1, -0.05) is 40.2 Å². The summed E-state index contributed by atoms with van der Waals surface area (Å²) in [5, 5.41) is 0. The van der Waals surface area contributed by atoms with E-state index in [0.29, 0.717) is 34.9 Å². The van der Waals surface area contributed by atoms with Crippen LogP contribution in [-0.4, -0.2) is 30.1 Å². The third kappa shape index (κ3) is 5.47. The molecule has 0 radical (unpaired) electrons. The minimum absolute atomic E-state index is 0.190. The molecule has 0 fully saturated rings. The Balaban J connectivity index is 2.26. The van der Waals surface area contributed by atoms with Gasteiger partial charge in [-0.15, -0.1) is 0 Å². The van der Waals surface area contributed by atoms with Gasteiger partial charge < -0.3 is 14.2 Å². The van der Waals surface area contributed by atoms with Crippen LogP contribution in [0.15, 0.2) is 46.9 Å². The number of hydrogen-bond donors (Lipinski definition) is 0.